The Kier molecular flexibility index (Phi) is 5.25. The topological polar surface area (TPSA) is 65.8 Å². The van der Waals surface area contributed by atoms with Gasteiger partial charge in [0, 0.05) is 32.2 Å². The second-order valence-corrected chi connectivity index (χ2v) is 5.17. The molecule has 2 rings (SSSR count). The molecular formula is C15H23N3O3. The van der Waals surface area contributed by atoms with Crippen LogP contribution in [0.15, 0.2) is 22.8 Å². The second kappa shape index (κ2) is 7.15. The van der Waals surface area contributed by atoms with Gasteiger partial charge in [-0.2, -0.15) is 0 Å². The number of amides is 3. The van der Waals surface area contributed by atoms with Crippen LogP contribution < -0.4 is 5.32 Å². The number of likely N-dealkylation sites (tertiary alicyclic amines) is 1. The van der Waals surface area contributed by atoms with Crippen molar-refractivity contribution in [2.24, 2.45) is 0 Å². The van der Waals surface area contributed by atoms with Gasteiger partial charge in [0.15, 0.2) is 5.76 Å². The van der Waals surface area contributed by atoms with Crippen LogP contribution in [0.1, 0.15) is 37.2 Å². The van der Waals surface area contributed by atoms with Crippen molar-refractivity contribution in [1.29, 1.82) is 0 Å². The molecule has 6 nitrogen and oxygen atoms in total. The molecule has 1 aliphatic rings. The maximum absolute atomic E-state index is 12.1. The van der Waals surface area contributed by atoms with E-state index >= 15 is 0 Å². The van der Waals surface area contributed by atoms with E-state index in [1.54, 1.807) is 21.9 Å². The molecule has 0 bridgehead atoms. The summed E-state index contributed by atoms with van der Waals surface area (Å²) < 4.78 is 5.13. The molecule has 0 aromatic carbocycles. The number of rotatable bonds is 4. The molecule has 1 aromatic rings. The van der Waals surface area contributed by atoms with Crippen molar-refractivity contribution in [3.8, 4) is 0 Å². The molecule has 116 valence electrons. The Balaban J connectivity index is 1.81. The van der Waals surface area contributed by atoms with E-state index in [-0.39, 0.29) is 18.0 Å². The average molecular weight is 293 g/mol. The Morgan fingerprint density at radius 2 is 2.00 bits per heavy atom. The molecule has 0 unspecified atom stereocenters. The van der Waals surface area contributed by atoms with Crippen molar-refractivity contribution in [2.45, 2.75) is 32.7 Å². The molecule has 1 aromatic heterocycles. The average Bonchev–Trinajstić information content (AvgIpc) is 3.03. The lowest BCUT2D eigenvalue weighted by atomic mass is 10.0. The molecule has 3 amide bonds. The third-order valence-corrected chi connectivity index (χ3v) is 3.89. The molecule has 1 saturated heterocycles. The minimum atomic E-state index is -0.0754. The van der Waals surface area contributed by atoms with Crippen LogP contribution in [0.25, 0.3) is 0 Å². The number of nitrogens with one attached hydrogen (secondary N) is 1. The fraction of sp³-hybridized carbons (Fsp3) is 0.600. The maximum atomic E-state index is 12.1. The van der Waals surface area contributed by atoms with Crippen molar-refractivity contribution in [3.63, 3.8) is 0 Å². The summed E-state index contributed by atoms with van der Waals surface area (Å²) in [6.07, 6.45) is 3.06. The van der Waals surface area contributed by atoms with Crippen molar-refractivity contribution in [2.75, 3.05) is 26.2 Å². The number of furan rings is 1. The third-order valence-electron chi connectivity index (χ3n) is 3.89. The Labute approximate surface area is 125 Å². The number of urea groups is 1. The molecular weight excluding hydrogens is 270 g/mol. The highest BCUT2D eigenvalue weighted by molar-refractivity contribution is 5.91. The number of carbonyl (C=O) groups is 2. The van der Waals surface area contributed by atoms with Gasteiger partial charge in [-0.25, -0.2) is 4.79 Å². The highest BCUT2D eigenvalue weighted by Gasteiger charge is 2.26. The standard InChI is InChI=1S/C15H23N3O3/c1-3-17(4-2)15(20)16-12-7-9-18(10-8-12)14(19)13-6-5-11-21-13/h5-6,11-12H,3-4,7-10H2,1-2H3,(H,16,20). The summed E-state index contributed by atoms with van der Waals surface area (Å²) in [7, 11) is 0. The van der Waals surface area contributed by atoms with Gasteiger partial charge < -0.3 is 19.5 Å². The van der Waals surface area contributed by atoms with Crippen LogP contribution in [0.5, 0.6) is 0 Å². The van der Waals surface area contributed by atoms with Gasteiger partial charge in [0.1, 0.15) is 0 Å². The summed E-state index contributed by atoms with van der Waals surface area (Å²) >= 11 is 0. The zero-order valence-corrected chi connectivity index (χ0v) is 12.7. The van der Waals surface area contributed by atoms with E-state index in [4.69, 9.17) is 4.42 Å². The summed E-state index contributed by atoms with van der Waals surface area (Å²) in [5.74, 6) is 0.300. The number of hydrogen-bond donors (Lipinski definition) is 1. The largest absolute Gasteiger partial charge is 0.459 e. The van der Waals surface area contributed by atoms with Gasteiger partial charge in [-0.3, -0.25) is 4.79 Å². The van der Waals surface area contributed by atoms with E-state index in [0.29, 0.717) is 31.9 Å². The van der Waals surface area contributed by atoms with Gasteiger partial charge in [0.25, 0.3) is 5.91 Å². The third kappa shape index (κ3) is 3.77. The van der Waals surface area contributed by atoms with Crippen molar-refractivity contribution in [3.05, 3.63) is 24.2 Å². The minimum Gasteiger partial charge on any atom is -0.459 e. The number of nitrogens with zero attached hydrogens (tertiary/aromatic N) is 2. The lowest BCUT2D eigenvalue weighted by Crippen LogP contribution is -2.50. The SMILES string of the molecule is CCN(CC)C(=O)NC1CCN(C(=O)c2ccco2)CC1. The summed E-state index contributed by atoms with van der Waals surface area (Å²) in [5, 5.41) is 3.04. The molecule has 0 saturated carbocycles. The van der Waals surface area contributed by atoms with E-state index < -0.39 is 0 Å². The molecule has 21 heavy (non-hydrogen) atoms. The van der Waals surface area contributed by atoms with Crippen LogP contribution in [-0.2, 0) is 0 Å². The summed E-state index contributed by atoms with van der Waals surface area (Å²) in [6, 6.07) is 3.51. The fourth-order valence-corrected chi connectivity index (χ4v) is 2.56. The highest BCUT2D eigenvalue weighted by atomic mass is 16.3. The lowest BCUT2D eigenvalue weighted by Gasteiger charge is -2.33. The van der Waals surface area contributed by atoms with Crippen molar-refractivity contribution < 1.29 is 14.0 Å². The van der Waals surface area contributed by atoms with Crippen molar-refractivity contribution >= 4 is 11.9 Å². The lowest BCUT2D eigenvalue weighted by molar-refractivity contribution is 0.0674. The van der Waals surface area contributed by atoms with E-state index in [2.05, 4.69) is 5.32 Å². The van der Waals surface area contributed by atoms with Crippen LogP contribution in [0, 0.1) is 0 Å². The quantitative estimate of drug-likeness (QED) is 0.922. The van der Waals surface area contributed by atoms with Gasteiger partial charge in [-0.05, 0) is 38.8 Å². The smallest absolute Gasteiger partial charge is 0.317 e. The monoisotopic (exact) mass is 293 g/mol. The number of hydrogen-bond acceptors (Lipinski definition) is 3. The zero-order chi connectivity index (χ0) is 15.2. The van der Waals surface area contributed by atoms with Crippen LogP contribution in [-0.4, -0.2) is 54.0 Å². The molecule has 0 aliphatic carbocycles. The molecule has 1 N–H and O–H groups in total. The Bertz CT molecular complexity index is 461. The fourth-order valence-electron chi connectivity index (χ4n) is 2.56. The van der Waals surface area contributed by atoms with E-state index in [1.807, 2.05) is 13.8 Å². The summed E-state index contributed by atoms with van der Waals surface area (Å²) in [5.41, 5.74) is 0. The molecule has 0 spiro atoms. The predicted molar refractivity (Wildman–Crippen MR) is 79.1 cm³/mol. The van der Waals surface area contributed by atoms with Gasteiger partial charge in [-0.15, -0.1) is 0 Å². The first kappa shape index (κ1) is 15.4. The van der Waals surface area contributed by atoms with Gasteiger partial charge >= 0.3 is 6.03 Å². The van der Waals surface area contributed by atoms with Crippen LogP contribution >= 0.6 is 0 Å². The predicted octanol–water partition coefficient (Wildman–Crippen LogP) is 1.94. The second-order valence-electron chi connectivity index (χ2n) is 5.17. The number of carbonyl (C=O) groups excluding carboxylic acids is 2. The maximum Gasteiger partial charge on any atom is 0.317 e. The van der Waals surface area contributed by atoms with Crippen LogP contribution in [0.4, 0.5) is 4.79 Å². The summed E-state index contributed by atoms with van der Waals surface area (Å²) in [6.45, 7) is 6.63. The molecule has 1 aliphatic heterocycles. The first-order valence-electron chi connectivity index (χ1n) is 7.53. The Hall–Kier alpha value is -1.98. The first-order valence-corrected chi connectivity index (χ1v) is 7.53. The molecule has 1 fully saturated rings. The molecule has 0 radical (unpaired) electrons. The molecule has 6 heteroatoms. The molecule has 2 heterocycles. The van der Waals surface area contributed by atoms with Gasteiger partial charge in [-0.1, -0.05) is 0 Å². The first-order chi connectivity index (χ1) is 10.2. The Morgan fingerprint density at radius 1 is 1.33 bits per heavy atom. The Morgan fingerprint density at radius 3 is 2.52 bits per heavy atom. The summed E-state index contributed by atoms with van der Waals surface area (Å²) in [4.78, 5) is 27.7. The van der Waals surface area contributed by atoms with Crippen molar-refractivity contribution in [1.82, 2.24) is 15.1 Å². The minimum absolute atomic E-state index is 0.0178. The highest BCUT2D eigenvalue weighted by Crippen LogP contribution is 2.14. The number of piperidine rings is 1. The van der Waals surface area contributed by atoms with Gasteiger partial charge in [0.05, 0.1) is 6.26 Å². The zero-order valence-electron chi connectivity index (χ0n) is 12.7. The van der Waals surface area contributed by atoms with Crippen LogP contribution in [0.3, 0.4) is 0 Å². The van der Waals surface area contributed by atoms with Crippen LogP contribution in [0.2, 0.25) is 0 Å². The molecule has 0 atom stereocenters. The van der Waals surface area contributed by atoms with E-state index in [9.17, 15) is 9.59 Å². The van der Waals surface area contributed by atoms with Gasteiger partial charge in [0.2, 0.25) is 0 Å². The van der Waals surface area contributed by atoms with E-state index in [1.165, 1.54) is 6.26 Å². The van der Waals surface area contributed by atoms with E-state index in [0.717, 1.165) is 12.8 Å². The normalized spacial score (nSPS) is 15.8.